The van der Waals surface area contributed by atoms with Crippen LogP contribution >= 0.6 is 0 Å². The minimum Gasteiger partial charge on any atom is -0.465 e. The van der Waals surface area contributed by atoms with Crippen LogP contribution in [0.5, 0.6) is 0 Å². The van der Waals surface area contributed by atoms with Gasteiger partial charge in [0.1, 0.15) is 0 Å². The minimum atomic E-state index is -0.517. The van der Waals surface area contributed by atoms with Crippen molar-refractivity contribution in [2.45, 2.75) is 0 Å². The van der Waals surface area contributed by atoms with Gasteiger partial charge in [0.05, 0.1) is 30.5 Å². The molecular weight excluding hydrogens is 236 g/mol. The van der Waals surface area contributed by atoms with Crippen molar-refractivity contribution in [2.75, 3.05) is 26.0 Å². The Morgan fingerprint density at radius 2 is 2.11 bits per heavy atom. The van der Waals surface area contributed by atoms with Crippen LogP contribution in [0.3, 0.4) is 0 Å². The van der Waals surface area contributed by atoms with Gasteiger partial charge in [0, 0.05) is 7.05 Å². The molecule has 6 nitrogen and oxygen atoms in total. The maximum absolute atomic E-state index is 12.0. The molecule has 1 N–H and O–H groups in total. The maximum Gasteiger partial charge on any atom is 0.337 e. The monoisotopic (exact) mass is 248 g/mol. The number of nitrogens with one attached hydrogen (secondary N) is 1. The largest absolute Gasteiger partial charge is 0.465 e. The van der Waals surface area contributed by atoms with Crippen molar-refractivity contribution in [1.29, 1.82) is 0 Å². The molecule has 1 aromatic rings. The molecule has 2 amide bonds. The summed E-state index contributed by atoms with van der Waals surface area (Å²) in [5, 5.41) is 2.59. The van der Waals surface area contributed by atoms with Crippen LogP contribution in [0.1, 0.15) is 20.7 Å². The summed E-state index contributed by atoms with van der Waals surface area (Å²) in [5.41, 5.74) is 0.974. The lowest BCUT2D eigenvalue weighted by Gasteiger charge is -2.12. The molecule has 0 atom stereocenters. The SMILES string of the molecule is COC(=O)c1ccc2c(c1)NC(=O)CN(C)C2=O. The van der Waals surface area contributed by atoms with Crippen molar-refractivity contribution in [3.63, 3.8) is 0 Å². The fourth-order valence-corrected chi connectivity index (χ4v) is 1.76. The number of hydrogen-bond donors (Lipinski definition) is 1. The highest BCUT2D eigenvalue weighted by Crippen LogP contribution is 2.22. The van der Waals surface area contributed by atoms with Gasteiger partial charge in [-0.1, -0.05) is 0 Å². The zero-order valence-corrected chi connectivity index (χ0v) is 10.0. The number of likely N-dealkylation sites (N-methyl/N-ethyl adjacent to an activating group) is 1. The lowest BCUT2D eigenvalue weighted by atomic mass is 10.1. The average Bonchev–Trinajstić information content (AvgIpc) is 2.46. The molecule has 6 heteroatoms. The molecule has 0 aromatic heterocycles. The van der Waals surface area contributed by atoms with Gasteiger partial charge in [0.15, 0.2) is 0 Å². The molecular formula is C12H12N2O4. The van der Waals surface area contributed by atoms with Gasteiger partial charge in [-0.2, -0.15) is 0 Å². The van der Waals surface area contributed by atoms with E-state index >= 15 is 0 Å². The second-order valence-corrected chi connectivity index (χ2v) is 3.96. The number of carbonyl (C=O) groups excluding carboxylic acids is 3. The van der Waals surface area contributed by atoms with E-state index in [9.17, 15) is 14.4 Å². The number of ether oxygens (including phenoxy) is 1. The smallest absolute Gasteiger partial charge is 0.337 e. The molecule has 1 aromatic carbocycles. The quantitative estimate of drug-likeness (QED) is 0.734. The Kier molecular flexibility index (Phi) is 3.01. The summed E-state index contributed by atoms with van der Waals surface area (Å²) in [6.45, 7) is -0.0128. The van der Waals surface area contributed by atoms with E-state index < -0.39 is 5.97 Å². The van der Waals surface area contributed by atoms with Crippen molar-refractivity contribution in [1.82, 2.24) is 4.90 Å². The Hall–Kier alpha value is -2.37. The van der Waals surface area contributed by atoms with Gasteiger partial charge >= 0.3 is 5.97 Å². The maximum atomic E-state index is 12.0. The van der Waals surface area contributed by atoms with E-state index in [2.05, 4.69) is 10.1 Å². The van der Waals surface area contributed by atoms with E-state index in [0.717, 1.165) is 0 Å². The van der Waals surface area contributed by atoms with Gasteiger partial charge in [-0.15, -0.1) is 0 Å². The van der Waals surface area contributed by atoms with E-state index in [1.165, 1.54) is 30.2 Å². The predicted molar refractivity (Wildman–Crippen MR) is 63.4 cm³/mol. The molecule has 2 rings (SSSR count). The first-order valence-corrected chi connectivity index (χ1v) is 5.30. The lowest BCUT2D eigenvalue weighted by Crippen LogP contribution is -2.31. The summed E-state index contributed by atoms with van der Waals surface area (Å²) >= 11 is 0. The Bertz CT molecular complexity index is 539. The molecule has 1 aliphatic heterocycles. The molecule has 0 radical (unpaired) electrons. The van der Waals surface area contributed by atoms with E-state index in [1.807, 2.05) is 0 Å². The van der Waals surface area contributed by atoms with Crippen LogP contribution in [0.4, 0.5) is 5.69 Å². The molecule has 18 heavy (non-hydrogen) atoms. The summed E-state index contributed by atoms with van der Waals surface area (Å²) in [4.78, 5) is 36.2. The zero-order valence-electron chi connectivity index (χ0n) is 10.0. The van der Waals surface area contributed by atoms with Crippen molar-refractivity contribution in [3.8, 4) is 0 Å². The molecule has 0 saturated heterocycles. The van der Waals surface area contributed by atoms with Crippen LogP contribution in [0.15, 0.2) is 18.2 Å². The van der Waals surface area contributed by atoms with Crippen molar-refractivity contribution >= 4 is 23.5 Å². The van der Waals surface area contributed by atoms with E-state index in [0.29, 0.717) is 11.3 Å². The molecule has 0 fully saturated rings. The third-order valence-corrected chi connectivity index (χ3v) is 2.67. The number of methoxy groups -OCH3 is 1. The number of benzene rings is 1. The number of rotatable bonds is 1. The van der Waals surface area contributed by atoms with Gasteiger partial charge in [-0.3, -0.25) is 9.59 Å². The molecule has 94 valence electrons. The normalized spacial score (nSPS) is 14.7. The van der Waals surface area contributed by atoms with Gasteiger partial charge in [-0.25, -0.2) is 4.79 Å². The number of nitrogens with zero attached hydrogens (tertiary/aromatic N) is 1. The van der Waals surface area contributed by atoms with E-state index in [-0.39, 0.29) is 23.9 Å². The highest BCUT2D eigenvalue weighted by Gasteiger charge is 2.24. The first kappa shape index (κ1) is 12.1. The number of hydrogen-bond acceptors (Lipinski definition) is 4. The second-order valence-electron chi connectivity index (χ2n) is 3.96. The van der Waals surface area contributed by atoms with Gasteiger partial charge < -0.3 is 15.0 Å². The van der Waals surface area contributed by atoms with Crippen molar-refractivity contribution < 1.29 is 19.1 Å². The van der Waals surface area contributed by atoms with Gasteiger partial charge in [-0.05, 0) is 18.2 Å². The van der Waals surface area contributed by atoms with Gasteiger partial charge in [0.2, 0.25) is 5.91 Å². The summed E-state index contributed by atoms with van der Waals surface area (Å²) in [7, 11) is 2.82. The topological polar surface area (TPSA) is 75.7 Å². The number of anilines is 1. The van der Waals surface area contributed by atoms with Gasteiger partial charge in [0.25, 0.3) is 5.91 Å². The molecule has 0 bridgehead atoms. The van der Waals surface area contributed by atoms with E-state index in [4.69, 9.17) is 0 Å². The first-order chi connectivity index (χ1) is 8.52. The standard InChI is InChI=1S/C12H12N2O4/c1-14-6-10(15)13-9-5-7(12(17)18-2)3-4-8(9)11(14)16/h3-5H,6H2,1-2H3,(H,13,15). The minimum absolute atomic E-state index is 0.0128. The Labute approximate surface area is 104 Å². The van der Waals surface area contributed by atoms with Crippen LogP contribution in [-0.2, 0) is 9.53 Å². The number of carbonyl (C=O) groups is 3. The van der Waals surface area contributed by atoms with Crippen molar-refractivity contribution in [2.24, 2.45) is 0 Å². The Balaban J connectivity index is 2.49. The summed E-state index contributed by atoms with van der Waals surface area (Å²) in [5.74, 6) is -1.08. The van der Waals surface area contributed by atoms with Crippen LogP contribution < -0.4 is 5.32 Å². The van der Waals surface area contributed by atoms with Crippen LogP contribution in [0.25, 0.3) is 0 Å². The number of esters is 1. The predicted octanol–water partition coefficient (Wildman–Crippen LogP) is 0.497. The Morgan fingerprint density at radius 3 is 2.78 bits per heavy atom. The molecule has 0 unspecified atom stereocenters. The lowest BCUT2D eigenvalue weighted by molar-refractivity contribution is -0.116. The molecule has 1 heterocycles. The molecule has 0 saturated carbocycles. The number of fused-ring (bicyclic) bond motifs is 1. The van der Waals surface area contributed by atoms with Crippen LogP contribution in [0.2, 0.25) is 0 Å². The van der Waals surface area contributed by atoms with E-state index in [1.54, 1.807) is 7.05 Å². The van der Waals surface area contributed by atoms with Crippen molar-refractivity contribution in [3.05, 3.63) is 29.3 Å². The summed E-state index contributed by atoms with van der Waals surface area (Å²) in [6.07, 6.45) is 0. The molecule has 0 spiro atoms. The highest BCUT2D eigenvalue weighted by atomic mass is 16.5. The van der Waals surface area contributed by atoms with Crippen LogP contribution in [-0.4, -0.2) is 43.4 Å². The fourth-order valence-electron chi connectivity index (χ4n) is 1.76. The molecule has 1 aliphatic rings. The third kappa shape index (κ3) is 2.04. The second kappa shape index (κ2) is 4.48. The zero-order chi connectivity index (χ0) is 13.3. The first-order valence-electron chi connectivity index (χ1n) is 5.30. The molecule has 0 aliphatic carbocycles. The fraction of sp³-hybridized carbons (Fsp3) is 0.250. The highest BCUT2D eigenvalue weighted by molar-refractivity contribution is 6.09. The average molecular weight is 248 g/mol. The van der Waals surface area contributed by atoms with Crippen LogP contribution in [0, 0.1) is 0 Å². The third-order valence-electron chi connectivity index (χ3n) is 2.67. The summed E-state index contributed by atoms with van der Waals surface area (Å²) < 4.78 is 4.59. The number of amides is 2. The Morgan fingerprint density at radius 1 is 1.39 bits per heavy atom. The summed E-state index contributed by atoms with van der Waals surface area (Å²) in [6, 6.07) is 4.44.